The van der Waals surface area contributed by atoms with E-state index in [1.807, 2.05) is 42.9 Å². The molecule has 0 aliphatic rings. The van der Waals surface area contributed by atoms with Crippen LogP contribution in [0.3, 0.4) is 0 Å². The molecule has 5 nitrogen and oxygen atoms in total. The molecule has 21 heavy (non-hydrogen) atoms. The number of fused-ring (bicyclic) bond motifs is 1. The molecule has 0 fully saturated rings. The topological polar surface area (TPSA) is 49.1 Å². The van der Waals surface area contributed by atoms with Gasteiger partial charge in [-0.25, -0.2) is 0 Å². The summed E-state index contributed by atoms with van der Waals surface area (Å²) in [6.45, 7) is 1.81. The average molecular weight is 304 g/mol. The number of benzene rings is 1. The smallest absolute Gasteiger partial charge is 0.155 e. The number of nitrogens with zero attached hydrogens (tertiary/aromatic N) is 3. The summed E-state index contributed by atoms with van der Waals surface area (Å²) in [7, 11) is 3.42. The first-order valence-corrected chi connectivity index (χ1v) is 6.78. The van der Waals surface area contributed by atoms with E-state index in [0.717, 1.165) is 17.2 Å². The number of aryl methyl sites for hydroxylation is 2. The van der Waals surface area contributed by atoms with Gasteiger partial charge in [0.2, 0.25) is 0 Å². The Morgan fingerprint density at radius 3 is 2.81 bits per heavy atom. The number of methoxy groups -OCH3 is 1. The number of ether oxygens (including phenoxy) is 1. The normalized spacial score (nSPS) is 11.0. The van der Waals surface area contributed by atoms with Crippen molar-refractivity contribution in [3.05, 3.63) is 40.7 Å². The van der Waals surface area contributed by atoms with Crippen molar-refractivity contribution in [1.82, 2.24) is 14.3 Å². The second-order valence-electron chi connectivity index (χ2n) is 4.79. The van der Waals surface area contributed by atoms with Gasteiger partial charge in [-0.1, -0.05) is 11.6 Å². The molecule has 0 amide bonds. The average Bonchev–Trinajstić information content (AvgIpc) is 2.94. The minimum absolute atomic E-state index is 0.562. The molecule has 0 bridgehead atoms. The van der Waals surface area contributed by atoms with Gasteiger partial charge in [-0.3, -0.25) is 14.0 Å². The van der Waals surface area contributed by atoms with Gasteiger partial charge in [0.05, 0.1) is 30.1 Å². The van der Waals surface area contributed by atoms with Crippen LogP contribution in [0.5, 0.6) is 5.75 Å². The van der Waals surface area contributed by atoms with Crippen LogP contribution in [0.25, 0.3) is 16.7 Å². The van der Waals surface area contributed by atoms with Gasteiger partial charge in [0.25, 0.3) is 0 Å². The monoisotopic (exact) mass is 303 g/mol. The molecular formula is C15H14ClN3O2. The van der Waals surface area contributed by atoms with Crippen molar-refractivity contribution in [2.75, 3.05) is 7.11 Å². The van der Waals surface area contributed by atoms with Gasteiger partial charge in [-0.05, 0) is 25.1 Å². The second-order valence-corrected chi connectivity index (χ2v) is 5.23. The lowest BCUT2D eigenvalue weighted by molar-refractivity contribution is 0.112. The van der Waals surface area contributed by atoms with Crippen molar-refractivity contribution in [3.63, 3.8) is 0 Å². The zero-order valence-electron chi connectivity index (χ0n) is 11.9. The van der Waals surface area contributed by atoms with Crippen LogP contribution in [-0.4, -0.2) is 27.7 Å². The molecule has 108 valence electrons. The Labute approximate surface area is 126 Å². The largest absolute Gasteiger partial charge is 0.494 e. The van der Waals surface area contributed by atoms with Crippen LogP contribution >= 0.6 is 11.6 Å². The molecule has 0 atom stereocenters. The number of hydrogen-bond donors (Lipinski definition) is 0. The van der Waals surface area contributed by atoms with Crippen molar-refractivity contribution < 1.29 is 9.53 Å². The van der Waals surface area contributed by atoms with Crippen molar-refractivity contribution in [1.29, 1.82) is 0 Å². The van der Waals surface area contributed by atoms with Gasteiger partial charge in [0.15, 0.2) is 6.29 Å². The first kappa shape index (κ1) is 13.7. The third-order valence-corrected chi connectivity index (χ3v) is 3.77. The van der Waals surface area contributed by atoms with E-state index in [-0.39, 0.29) is 0 Å². The Bertz CT molecular complexity index is 848. The molecule has 6 heteroatoms. The predicted molar refractivity (Wildman–Crippen MR) is 81.7 cm³/mol. The molecule has 0 saturated heterocycles. The van der Waals surface area contributed by atoms with Crippen LogP contribution in [-0.2, 0) is 7.05 Å². The molecule has 1 aromatic carbocycles. The fourth-order valence-electron chi connectivity index (χ4n) is 2.60. The van der Waals surface area contributed by atoms with E-state index in [1.54, 1.807) is 11.8 Å². The number of rotatable bonds is 3. The summed E-state index contributed by atoms with van der Waals surface area (Å²) in [6.07, 6.45) is 2.66. The molecule has 3 aromatic rings. The highest BCUT2D eigenvalue weighted by molar-refractivity contribution is 6.31. The van der Waals surface area contributed by atoms with Gasteiger partial charge in [0, 0.05) is 17.5 Å². The number of carbonyl (C=O) groups excluding carboxylic acids is 1. The van der Waals surface area contributed by atoms with Crippen molar-refractivity contribution in [2.24, 2.45) is 7.05 Å². The minimum atomic E-state index is 0.562. The van der Waals surface area contributed by atoms with Crippen LogP contribution in [0, 0.1) is 6.92 Å². The number of aromatic nitrogens is 3. The van der Waals surface area contributed by atoms with E-state index in [1.165, 1.54) is 0 Å². The van der Waals surface area contributed by atoms with E-state index >= 15 is 0 Å². The van der Waals surface area contributed by atoms with E-state index < -0.39 is 0 Å². The van der Waals surface area contributed by atoms with Crippen molar-refractivity contribution in [2.45, 2.75) is 6.92 Å². The molecule has 3 rings (SSSR count). The van der Waals surface area contributed by atoms with E-state index in [9.17, 15) is 4.79 Å². The number of aldehydes is 1. The fraction of sp³-hybridized carbons (Fsp3) is 0.200. The zero-order chi connectivity index (χ0) is 15.1. The van der Waals surface area contributed by atoms with E-state index in [0.29, 0.717) is 27.8 Å². The minimum Gasteiger partial charge on any atom is -0.494 e. The third kappa shape index (κ3) is 2.01. The van der Waals surface area contributed by atoms with Crippen molar-refractivity contribution >= 4 is 28.8 Å². The highest BCUT2D eigenvalue weighted by Crippen LogP contribution is 2.33. The first-order chi connectivity index (χ1) is 10.1. The molecule has 0 radical (unpaired) electrons. The summed E-state index contributed by atoms with van der Waals surface area (Å²) in [5.74, 6) is 1.40. The van der Waals surface area contributed by atoms with Crippen LogP contribution in [0.4, 0.5) is 0 Å². The highest BCUT2D eigenvalue weighted by atomic mass is 35.5. The molecular weight excluding hydrogens is 290 g/mol. The van der Waals surface area contributed by atoms with Crippen LogP contribution < -0.4 is 4.74 Å². The summed E-state index contributed by atoms with van der Waals surface area (Å²) in [5.41, 5.74) is 2.16. The van der Waals surface area contributed by atoms with Gasteiger partial charge in [-0.2, -0.15) is 5.10 Å². The number of carbonyl (C=O) groups is 1. The van der Waals surface area contributed by atoms with Gasteiger partial charge >= 0.3 is 0 Å². The summed E-state index contributed by atoms with van der Waals surface area (Å²) in [5, 5.41) is 5.84. The quantitative estimate of drug-likeness (QED) is 0.698. The maximum Gasteiger partial charge on any atom is 0.155 e. The summed E-state index contributed by atoms with van der Waals surface area (Å²) in [6, 6.07) is 5.55. The Morgan fingerprint density at radius 2 is 2.14 bits per heavy atom. The molecule has 2 heterocycles. The summed E-state index contributed by atoms with van der Waals surface area (Å²) >= 11 is 6.06. The van der Waals surface area contributed by atoms with Gasteiger partial charge in [0.1, 0.15) is 11.6 Å². The predicted octanol–water partition coefficient (Wildman–Crippen LogP) is 3.15. The molecule has 0 N–H and O–H groups in total. The lowest BCUT2D eigenvalue weighted by Crippen LogP contribution is -2.03. The standard InChI is InChI=1S/C15H14ClN3O2/c1-9-12(8-20)15(18(2)17-9)19-7-14(21-3)11-6-10(16)4-5-13(11)19/h4-8H,1-3H3. The second kappa shape index (κ2) is 4.93. The van der Waals surface area contributed by atoms with E-state index in [4.69, 9.17) is 16.3 Å². The maximum absolute atomic E-state index is 11.4. The summed E-state index contributed by atoms with van der Waals surface area (Å²) < 4.78 is 8.99. The van der Waals surface area contributed by atoms with Gasteiger partial charge in [-0.15, -0.1) is 0 Å². The SMILES string of the molecule is COc1cn(-c2c(C=O)c(C)nn2C)c2ccc(Cl)cc12. The zero-order valence-corrected chi connectivity index (χ0v) is 12.7. The Kier molecular flexibility index (Phi) is 3.22. The molecule has 0 saturated carbocycles. The fourth-order valence-corrected chi connectivity index (χ4v) is 2.77. The third-order valence-electron chi connectivity index (χ3n) is 3.53. The molecule has 0 aliphatic heterocycles. The Morgan fingerprint density at radius 1 is 1.38 bits per heavy atom. The Hall–Kier alpha value is -2.27. The van der Waals surface area contributed by atoms with Crippen molar-refractivity contribution in [3.8, 4) is 11.6 Å². The maximum atomic E-state index is 11.4. The summed E-state index contributed by atoms with van der Waals surface area (Å²) in [4.78, 5) is 11.4. The molecule has 0 spiro atoms. The first-order valence-electron chi connectivity index (χ1n) is 6.40. The highest BCUT2D eigenvalue weighted by Gasteiger charge is 2.18. The molecule has 0 aliphatic carbocycles. The van der Waals surface area contributed by atoms with Crippen LogP contribution in [0.15, 0.2) is 24.4 Å². The van der Waals surface area contributed by atoms with E-state index in [2.05, 4.69) is 5.10 Å². The molecule has 0 unspecified atom stereocenters. The van der Waals surface area contributed by atoms with Crippen LogP contribution in [0.1, 0.15) is 16.1 Å². The lowest BCUT2D eigenvalue weighted by Gasteiger charge is -2.06. The number of hydrogen-bond acceptors (Lipinski definition) is 3. The molecule has 2 aromatic heterocycles. The lowest BCUT2D eigenvalue weighted by atomic mass is 10.2. The Balaban J connectivity index is 2.39. The van der Waals surface area contributed by atoms with Gasteiger partial charge < -0.3 is 4.74 Å². The van der Waals surface area contributed by atoms with Crippen LogP contribution in [0.2, 0.25) is 5.02 Å². The number of halogens is 1.